The number of rotatable bonds is 14. The van der Waals surface area contributed by atoms with Crippen LogP contribution in [0.25, 0.3) is 10.9 Å². The second-order valence-corrected chi connectivity index (χ2v) is 20.7. The highest BCUT2D eigenvalue weighted by Crippen LogP contribution is 2.43. The first-order valence-electron chi connectivity index (χ1n) is 24.5. The Morgan fingerprint density at radius 3 is 2.44 bits per heavy atom. The van der Waals surface area contributed by atoms with Crippen molar-refractivity contribution in [3.8, 4) is 0 Å². The summed E-state index contributed by atoms with van der Waals surface area (Å²) < 4.78 is 47.2. The molecule has 0 bridgehead atoms. The zero-order valence-corrected chi connectivity index (χ0v) is 42.0. The Bertz CT molecular complexity index is 2150. The number of benzene rings is 2. The molecule has 68 heavy (non-hydrogen) atoms. The summed E-state index contributed by atoms with van der Waals surface area (Å²) in [5.41, 5.74) is -0.633. The van der Waals surface area contributed by atoms with E-state index in [1.807, 2.05) is 86.1 Å². The average molecular weight is 952 g/mol. The maximum atomic E-state index is 14.9. The van der Waals surface area contributed by atoms with Crippen LogP contribution in [0.2, 0.25) is 0 Å². The minimum Gasteiger partial charge on any atom is -0.387 e. The molecule has 3 aromatic rings. The maximum Gasteiger partial charge on any atom is 0.254 e. The van der Waals surface area contributed by atoms with E-state index in [-0.39, 0.29) is 61.4 Å². The van der Waals surface area contributed by atoms with Crippen LogP contribution in [0.3, 0.4) is 0 Å². The number of nitrogens with zero attached hydrogens (tertiary/aromatic N) is 2. The van der Waals surface area contributed by atoms with E-state index in [1.54, 1.807) is 32.0 Å². The summed E-state index contributed by atoms with van der Waals surface area (Å²) in [6, 6.07) is 12.7. The number of halogens is 1. The van der Waals surface area contributed by atoms with E-state index in [2.05, 4.69) is 20.5 Å². The van der Waals surface area contributed by atoms with Crippen LogP contribution in [0.15, 0.2) is 54.7 Å². The first-order valence-corrected chi connectivity index (χ1v) is 24.5. The summed E-state index contributed by atoms with van der Waals surface area (Å²) in [5.74, 6) is -3.62. The van der Waals surface area contributed by atoms with Gasteiger partial charge in [-0.05, 0) is 109 Å². The SMILES string of the molecule is CO[C@]1(C)C[C@H](C[C@H]2[C@H](C)[C@@H](O[C@@H]3O[C@H](C)C[C@H](N(C)C)[C@H]3OCCCNC(=O)c3ccccc3F)[C@](C)(O)C[C@@H](C)CN(C)C(=O)[C@H](Cc3c[nH]c4ccccc34)NC(=O)[C@@H]2C)O[C@@H](C)[C@@H]1O. The molecule has 0 saturated carbocycles. The lowest BCUT2D eigenvalue weighted by Gasteiger charge is -2.49. The van der Waals surface area contributed by atoms with Crippen molar-refractivity contribution in [3.63, 3.8) is 0 Å². The number of ether oxygens (including phenoxy) is 5. The predicted octanol–water partition coefficient (Wildman–Crippen LogP) is 5.46. The third-order valence-electron chi connectivity index (χ3n) is 14.9. The number of carbonyl (C=O) groups excluding carboxylic acids is 3. The number of H-pyrrole nitrogens is 1. The largest absolute Gasteiger partial charge is 0.387 e. The van der Waals surface area contributed by atoms with Gasteiger partial charge in [0.15, 0.2) is 6.29 Å². The van der Waals surface area contributed by atoms with Gasteiger partial charge in [-0.25, -0.2) is 4.39 Å². The molecular weight excluding hydrogens is 874 g/mol. The highest BCUT2D eigenvalue weighted by atomic mass is 19.1. The third kappa shape index (κ3) is 12.5. The fraction of sp³-hybridized carbons (Fsp3) is 0.673. The number of hydrogen-bond acceptors (Lipinski definition) is 11. The van der Waals surface area contributed by atoms with Crippen LogP contribution in [0.4, 0.5) is 4.39 Å². The topological polar surface area (TPSA) is 184 Å². The van der Waals surface area contributed by atoms with Gasteiger partial charge in [-0.1, -0.05) is 51.1 Å². The molecule has 0 radical (unpaired) electrons. The number of carbonyl (C=O) groups is 3. The lowest BCUT2D eigenvalue weighted by Crippen LogP contribution is -2.60. The van der Waals surface area contributed by atoms with Crippen molar-refractivity contribution in [2.24, 2.45) is 23.7 Å². The molecule has 6 rings (SSSR count). The van der Waals surface area contributed by atoms with Crippen LogP contribution in [0, 0.1) is 29.5 Å². The molecule has 3 aliphatic heterocycles. The number of nitrogens with one attached hydrogen (secondary N) is 3. The molecule has 3 fully saturated rings. The van der Waals surface area contributed by atoms with Gasteiger partial charge in [0.1, 0.15) is 24.1 Å². The van der Waals surface area contributed by atoms with Gasteiger partial charge in [0.2, 0.25) is 11.8 Å². The highest BCUT2D eigenvalue weighted by Gasteiger charge is 2.51. The molecule has 5 N–H and O–H groups in total. The van der Waals surface area contributed by atoms with Crippen LogP contribution in [0.5, 0.6) is 0 Å². The van der Waals surface area contributed by atoms with Gasteiger partial charge in [-0.3, -0.25) is 14.4 Å². The number of methoxy groups -OCH3 is 1. The summed E-state index contributed by atoms with van der Waals surface area (Å²) in [4.78, 5) is 49.2. The Morgan fingerprint density at radius 1 is 1.03 bits per heavy atom. The Hall–Kier alpha value is -4.00. The normalized spacial score (nSPS) is 35.6. The highest BCUT2D eigenvalue weighted by molar-refractivity contribution is 5.94. The van der Waals surface area contributed by atoms with Crippen LogP contribution in [-0.4, -0.2) is 157 Å². The lowest BCUT2D eigenvalue weighted by atomic mass is 9.70. The smallest absolute Gasteiger partial charge is 0.254 e. The van der Waals surface area contributed by atoms with Gasteiger partial charge in [-0.15, -0.1) is 0 Å². The van der Waals surface area contributed by atoms with E-state index in [0.717, 1.165) is 16.5 Å². The molecule has 16 heteroatoms. The molecule has 0 spiro atoms. The average Bonchev–Trinajstić information content (AvgIpc) is 3.70. The van der Waals surface area contributed by atoms with Crippen molar-refractivity contribution in [3.05, 3.63) is 71.7 Å². The Balaban J connectivity index is 1.33. The molecule has 15 atom stereocenters. The van der Waals surface area contributed by atoms with Crippen molar-refractivity contribution in [2.75, 3.05) is 47.9 Å². The van der Waals surface area contributed by atoms with Gasteiger partial charge < -0.3 is 59.3 Å². The van der Waals surface area contributed by atoms with Crippen LogP contribution in [-0.2, 0) is 39.7 Å². The fourth-order valence-electron chi connectivity index (χ4n) is 11.2. The molecule has 0 aliphatic carbocycles. The summed E-state index contributed by atoms with van der Waals surface area (Å²) in [5, 5.41) is 31.1. The van der Waals surface area contributed by atoms with E-state index < -0.39 is 83.5 Å². The summed E-state index contributed by atoms with van der Waals surface area (Å²) >= 11 is 0. The first-order chi connectivity index (χ1) is 32.1. The van der Waals surface area contributed by atoms with Gasteiger partial charge in [0.05, 0.1) is 41.2 Å². The maximum absolute atomic E-state index is 14.9. The lowest BCUT2D eigenvalue weighted by molar-refractivity contribution is -0.305. The molecule has 3 amide bonds. The molecule has 3 saturated heterocycles. The van der Waals surface area contributed by atoms with Crippen molar-refractivity contribution >= 4 is 28.6 Å². The molecule has 1 aromatic heterocycles. The number of amides is 3. The summed E-state index contributed by atoms with van der Waals surface area (Å²) in [7, 11) is 7.26. The molecule has 378 valence electrons. The van der Waals surface area contributed by atoms with Crippen molar-refractivity contribution in [2.45, 2.75) is 153 Å². The van der Waals surface area contributed by atoms with Gasteiger partial charge in [0.25, 0.3) is 5.91 Å². The van der Waals surface area contributed by atoms with Crippen molar-refractivity contribution in [1.29, 1.82) is 0 Å². The zero-order valence-electron chi connectivity index (χ0n) is 42.0. The predicted molar refractivity (Wildman–Crippen MR) is 257 cm³/mol. The number of aromatic amines is 1. The van der Waals surface area contributed by atoms with Crippen LogP contribution >= 0.6 is 0 Å². The minimum atomic E-state index is -1.52. The standard InChI is InChI=1S/C52H78FN5O10/c1-30-26-51(6,63)46(68-50-44(43(57(8)9)23-31(2)66-50)65-22-16-21-54-48(61)38-18-12-14-19-40(38)53)32(3)39(25-36-27-52(7,64-11)45(59)34(5)67-36)33(4)47(60)56-42(49(62)58(10)29-30)24-35-28-55-41-20-15-13-17-37(35)41/h12-15,17-20,28,30-34,36,39,42-46,50,55,59,63H,16,21-27,29H2,1-11H3,(H,54,61)(H,56,60)/t30-,31-,32+,33-,34+,36+,39+,42+,43+,44-,45+,46-,50+,51-,52-/m1/s1. The number of aliphatic hydroxyl groups excluding tert-OH is 1. The third-order valence-corrected chi connectivity index (χ3v) is 14.9. The van der Waals surface area contributed by atoms with Crippen LogP contribution < -0.4 is 10.6 Å². The number of para-hydroxylation sites is 1. The summed E-state index contributed by atoms with van der Waals surface area (Å²) in [6.45, 7) is 14.0. The Kier molecular flexibility index (Phi) is 17.9. The number of aliphatic hydroxyl groups is 2. The van der Waals surface area contributed by atoms with Gasteiger partial charge in [0, 0.05) is 75.8 Å². The Morgan fingerprint density at radius 2 is 1.74 bits per heavy atom. The van der Waals surface area contributed by atoms with E-state index in [0.29, 0.717) is 32.2 Å². The fourth-order valence-corrected chi connectivity index (χ4v) is 11.2. The first kappa shape index (κ1) is 53.4. The van der Waals surface area contributed by atoms with E-state index >= 15 is 0 Å². The molecule has 3 aliphatic rings. The van der Waals surface area contributed by atoms with E-state index in [9.17, 15) is 29.0 Å². The van der Waals surface area contributed by atoms with Crippen molar-refractivity contribution in [1.82, 2.24) is 25.4 Å². The van der Waals surface area contributed by atoms with Gasteiger partial charge >= 0.3 is 0 Å². The van der Waals surface area contributed by atoms with Crippen LogP contribution in [0.1, 0.15) is 96.5 Å². The van der Waals surface area contributed by atoms with Crippen molar-refractivity contribution < 1.29 is 52.7 Å². The van der Waals surface area contributed by atoms with Gasteiger partial charge in [-0.2, -0.15) is 0 Å². The molecular formula is C52H78FN5O10. The zero-order chi connectivity index (χ0) is 49.7. The number of hydrogen-bond donors (Lipinski definition) is 5. The number of likely N-dealkylation sites (N-methyl/N-ethyl adjacent to an activating group) is 2. The second-order valence-electron chi connectivity index (χ2n) is 20.7. The molecule has 15 nitrogen and oxygen atoms in total. The summed E-state index contributed by atoms with van der Waals surface area (Å²) in [6.07, 6.45) is -0.519. The molecule has 4 heterocycles. The Labute approximate surface area is 402 Å². The quantitative estimate of drug-likeness (QED) is 0.129. The monoisotopic (exact) mass is 952 g/mol. The number of aromatic nitrogens is 1. The molecule has 2 aromatic carbocycles. The number of fused-ring (bicyclic) bond motifs is 1. The van der Waals surface area contributed by atoms with E-state index in [4.69, 9.17) is 23.7 Å². The molecule has 0 unspecified atom stereocenters. The van der Waals surface area contributed by atoms with E-state index in [1.165, 1.54) is 18.2 Å². The second kappa shape index (κ2) is 22.8. The minimum absolute atomic E-state index is 0.0316.